The summed E-state index contributed by atoms with van der Waals surface area (Å²) in [5, 5.41) is 12.1. The van der Waals surface area contributed by atoms with Gasteiger partial charge in [0.05, 0.1) is 26.2 Å². The number of halogens is 2. The summed E-state index contributed by atoms with van der Waals surface area (Å²) in [6.07, 6.45) is 0. The Morgan fingerprint density at radius 2 is 1.22 bits per heavy atom. The van der Waals surface area contributed by atoms with E-state index in [1.165, 1.54) is 11.1 Å². The van der Waals surface area contributed by atoms with Gasteiger partial charge in [-0.3, -0.25) is 4.90 Å². The van der Waals surface area contributed by atoms with Crippen molar-refractivity contribution in [2.75, 3.05) is 33.2 Å². The molecule has 2 aromatic rings. The number of hydrogen-bond acceptors (Lipinski definition) is 2. The number of quaternary nitrogens is 1. The van der Waals surface area contributed by atoms with Crippen molar-refractivity contribution in [3.8, 4) is 0 Å². The zero-order valence-electron chi connectivity index (χ0n) is 13.3. The lowest BCUT2D eigenvalue weighted by molar-refractivity contribution is -0.865. The number of hydrogen-bond donors (Lipinski definition) is 0. The molecule has 0 saturated carbocycles. The molecule has 2 aromatic carbocycles. The van der Waals surface area contributed by atoms with Gasteiger partial charge in [0.2, 0.25) is 0 Å². The van der Waals surface area contributed by atoms with Crippen LogP contribution in [0.5, 0.6) is 0 Å². The third kappa shape index (κ3) is 4.93. The van der Waals surface area contributed by atoms with Crippen molar-refractivity contribution in [3.63, 3.8) is 0 Å². The summed E-state index contributed by atoms with van der Waals surface area (Å²) >= 11 is 0. The topological polar surface area (TPSA) is 26.3 Å². The van der Waals surface area contributed by atoms with E-state index in [0.717, 1.165) is 13.1 Å². The predicted molar refractivity (Wildman–Crippen MR) is 100 cm³/mol. The van der Waals surface area contributed by atoms with E-state index in [4.69, 9.17) is 0 Å². The maximum atomic E-state index is 12.1. The molecule has 1 fully saturated rings. The second kappa shape index (κ2) is 8.67. The molecule has 3 rings (SSSR count). The first-order chi connectivity index (χ1) is 10.2. The maximum Gasteiger partial charge on any atom is 0.0911 e. The normalized spacial score (nSPS) is 17.2. The van der Waals surface area contributed by atoms with Crippen LogP contribution in [0.3, 0.4) is 0 Å². The second-order valence-electron chi connectivity index (χ2n) is 6.00. The van der Waals surface area contributed by atoms with Crippen LogP contribution in [0, 0.1) is 5.21 Å². The fraction of sp³-hybridized carbons (Fsp3) is 0.333. The Kier molecular flexibility index (Phi) is 7.52. The van der Waals surface area contributed by atoms with Crippen LogP contribution in [0.2, 0.25) is 0 Å². The van der Waals surface area contributed by atoms with Crippen LogP contribution in [-0.4, -0.2) is 42.8 Å². The fourth-order valence-corrected chi connectivity index (χ4v) is 3.05. The summed E-state index contributed by atoms with van der Waals surface area (Å²) in [6, 6.07) is 21.4. The largest absolute Gasteiger partial charge is 0.633 e. The van der Waals surface area contributed by atoms with Gasteiger partial charge in [-0.15, -0.1) is 24.8 Å². The van der Waals surface area contributed by atoms with Crippen LogP contribution in [0.4, 0.5) is 0 Å². The summed E-state index contributed by atoms with van der Waals surface area (Å²) in [7, 11) is 1.78. The number of rotatable bonds is 3. The summed E-state index contributed by atoms with van der Waals surface area (Å²) in [4.78, 5) is 2.43. The first kappa shape index (κ1) is 19.9. The Morgan fingerprint density at radius 3 is 1.61 bits per heavy atom. The Morgan fingerprint density at radius 1 is 0.826 bits per heavy atom. The SMILES string of the molecule is C[N+]1([O-])CCN(C(c2ccccc2)c2ccccc2)CC1.Cl.Cl. The smallest absolute Gasteiger partial charge is 0.0911 e. The molecule has 1 aliphatic heterocycles. The standard InChI is InChI=1S/C18H22N2O.2ClH/c1-20(21)14-12-19(13-15-20)18(16-8-4-2-5-9-16)17-10-6-3-7-11-17;;/h2-11,18H,12-15H2,1H3;2*1H. The van der Waals surface area contributed by atoms with Gasteiger partial charge < -0.3 is 9.85 Å². The summed E-state index contributed by atoms with van der Waals surface area (Å²) in [5.74, 6) is 0. The van der Waals surface area contributed by atoms with Crippen molar-refractivity contribution in [1.82, 2.24) is 4.90 Å². The van der Waals surface area contributed by atoms with Gasteiger partial charge in [0.1, 0.15) is 0 Å². The number of piperazine rings is 1. The van der Waals surface area contributed by atoms with E-state index in [1.807, 2.05) is 12.1 Å². The van der Waals surface area contributed by atoms with Gasteiger partial charge in [-0.05, 0) is 11.1 Å². The summed E-state index contributed by atoms with van der Waals surface area (Å²) in [5.41, 5.74) is 2.59. The molecule has 1 saturated heterocycles. The Bertz CT molecular complexity index is 529. The van der Waals surface area contributed by atoms with E-state index in [2.05, 4.69) is 53.4 Å². The molecule has 0 aliphatic carbocycles. The highest BCUT2D eigenvalue weighted by atomic mass is 35.5. The molecule has 5 heteroatoms. The number of benzene rings is 2. The van der Waals surface area contributed by atoms with E-state index in [0.29, 0.717) is 13.1 Å². The van der Waals surface area contributed by atoms with Gasteiger partial charge in [0.25, 0.3) is 0 Å². The van der Waals surface area contributed by atoms with Crippen molar-refractivity contribution < 1.29 is 4.65 Å². The van der Waals surface area contributed by atoms with Crippen LogP contribution in [0.1, 0.15) is 17.2 Å². The average molecular weight is 355 g/mol. The molecule has 0 unspecified atom stereocenters. The van der Waals surface area contributed by atoms with Crippen molar-refractivity contribution in [1.29, 1.82) is 0 Å². The Balaban J connectivity index is 0.00000132. The number of likely N-dealkylation sites (N-methyl/N-ethyl adjacent to an activating group) is 1. The molecule has 0 aromatic heterocycles. The zero-order chi connectivity index (χ0) is 14.7. The molecular weight excluding hydrogens is 331 g/mol. The van der Waals surface area contributed by atoms with Crippen molar-refractivity contribution in [2.24, 2.45) is 0 Å². The molecule has 0 radical (unpaired) electrons. The molecule has 0 bridgehead atoms. The maximum absolute atomic E-state index is 12.1. The van der Waals surface area contributed by atoms with Crippen molar-refractivity contribution >= 4 is 24.8 Å². The third-order valence-corrected chi connectivity index (χ3v) is 4.32. The number of nitrogens with zero attached hydrogens (tertiary/aromatic N) is 2. The van der Waals surface area contributed by atoms with E-state index in [-0.39, 0.29) is 35.5 Å². The molecule has 0 N–H and O–H groups in total. The van der Waals surface area contributed by atoms with E-state index in [9.17, 15) is 5.21 Å². The van der Waals surface area contributed by atoms with E-state index < -0.39 is 0 Å². The minimum atomic E-state index is -0.118. The lowest BCUT2D eigenvalue weighted by Gasteiger charge is -2.47. The molecular formula is C18H24Cl2N2O. The summed E-state index contributed by atoms with van der Waals surface area (Å²) < 4.78 is -0.118. The van der Waals surface area contributed by atoms with Gasteiger partial charge in [-0.2, -0.15) is 0 Å². The first-order valence-electron chi connectivity index (χ1n) is 7.55. The number of hydroxylamine groups is 3. The third-order valence-electron chi connectivity index (χ3n) is 4.32. The molecule has 1 heterocycles. The van der Waals surface area contributed by atoms with Crippen LogP contribution in [0.15, 0.2) is 60.7 Å². The molecule has 23 heavy (non-hydrogen) atoms. The molecule has 126 valence electrons. The minimum absolute atomic E-state index is 0. The highest BCUT2D eigenvalue weighted by molar-refractivity contribution is 5.85. The van der Waals surface area contributed by atoms with E-state index >= 15 is 0 Å². The van der Waals surface area contributed by atoms with Gasteiger partial charge in [0, 0.05) is 13.1 Å². The second-order valence-corrected chi connectivity index (χ2v) is 6.00. The predicted octanol–water partition coefficient (Wildman–Crippen LogP) is 3.88. The summed E-state index contributed by atoms with van der Waals surface area (Å²) in [6.45, 7) is 3.01. The molecule has 0 spiro atoms. The minimum Gasteiger partial charge on any atom is -0.633 e. The van der Waals surface area contributed by atoms with Crippen LogP contribution >= 0.6 is 24.8 Å². The molecule has 1 aliphatic rings. The van der Waals surface area contributed by atoms with Crippen LogP contribution in [0.25, 0.3) is 0 Å². The van der Waals surface area contributed by atoms with Crippen LogP contribution in [-0.2, 0) is 0 Å². The van der Waals surface area contributed by atoms with Crippen LogP contribution < -0.4 is 0 Å². The lowest BCUT2D eigenvalue weighted by atomic mass is 9.96. The fourth-order valence-electron chi connectivity index (χ4n) is 3.05. The Labute approximate surface area is 150 Å². The van der Waals surface area contributed by atoms with Gasteiger partial charge >= 0.3 is 0 Å². The van der Waals surface area contributed by atoms with Gasteiger partial charge in [0.15, 0.2) is 0 Å². The highest BCUT2D eigenvalue weighted by Gasteiger charge is 2.28. The van der Waals surface area contributed by atoms with Gasteiger partial charge in [-0.25, -0.2) is 0 Å². The average Bonchev–Trinajstić information content (AvgIpc) is 2.51. The molecule has 0 atom stereocenters. The monoisotopic (exact) mass is 354 g/mol. The Hall–Kier alpha value is -1.10. The quantitative estimate of drug-likeness (QED) is 0.617. The highest BCUT2D eigenvalue weighted by Crippen LogP contribution is 2.29. The lowest BCUT2D eigenvalue weighted by Crippen LogP contribution is -2.54. The van der Waals surface area contributed by atoms with Crippen molar-refractivity contribution in [2.45, 2.75) is 6.04 Å². The van der Waals surface area contributed by atoms with E-state index in [1.54, 1.807) is 7.05 Å². The molecule has 3 nitrogen and oxygen atoms in total. The van der Waals surface area contributed by atoms with Gasteiger partial charge in [-0.1, -0.05) is 60.7 Å². The molecule has 0 amide bonds. The first-order valence-corrected chi connectivity index (χ1v) is 7.55. The zero-order valence-corrected chi connectivity index (χ0v) is 14.9. The van der Waals surface area contributed by atoms with Crippen molar-refractivity contribution in [3.05, 3.63) is 77.0 Å².